The quantitative estimate of drug-likeness (QED) is 0.722. The Morgan fingerprint density at radius 3 is 1.86 bits per heavy atom. The van der Waals surface area contributed by atoms with Crippen LogP contribution in [0, 0.1) is 6.92 Å². The molecule has 0 fully saturated rings. The average molecular weight is 215 g/mol. The molecule has 0 radical (unpaired) electrons. The summed E-state index contributed by atoms with van der Waals surface area (Å²) < 4.78 is 23.2. The molecular formula is C11H18O2S. The van der Waals surface area contributed by atoms with Crippen molar-refractivity contribution in [3.05, 3.63) is 29.8 Å². The molecule has 0 aliphatic heterocycles. The van der Waals surface area contributed by atoms with Crippen LogP contribution in [0.3, 0.4) is 0 Å². The SMILES string of the molecule is Cc1ccc(S(=O)(=O)C(C)(C)C)cc1.[2HH]. The van der Waals surface area contributed by atoms with Crippen molar-refractivity contribution in [2.45, 2.75) is 37.3 Å². The van der Waals surface area contributed by atoms with Crippen molar-refractivity contribution in [1.82, 2.24) is 0 Å². The molecule has 0 aliphatic carbocycles. The van der Waals surface area contributed by atoms with Gasteiger partial charge in [-0.05, 0) is 39.8 Å². The van der Waals surface area contributed by atoms with Gasteiger partial charge < -0.3 is 0 Å². The monoisotopic (exact) mass is 215 g/mol. The molecule has 0 bridgehead atoms. The minimum absolute atomic E-state index is 0. The molecule has 14 heavy (non-hydrogen) atoms. The lowest BCUT2D eigenvalue weighted by atomic mass is 10.2. The predicted molar refractivity (Wildman–Crippen MR) is 60.2 cm³/mol. The van der Waals surface area contributed by atoms with Crippen molar-refractivity contribution in [2.24, 2.45) is 0 Å². The number of sulfone groups is 1. The summed E-state index contributed by atoms with van der Waals surface area (Å²) in [6.07, 6.45) is 0. The molecule has 2 nitrogen and oxygen atoms in total. The molecule has 0 spiro atoms. The second-order valence-electron chi connectivity index (χ2n) is 4.43. The number of aryl methyl sites for hydroxylation is 1. The van der Waals surface area contributed by atoms with Crippen LogP contribution in [-0.4, -0.2) is 13.2 Å². The van der Waals surface area contributed by atoms with E-state index in [2.05, 4.69) is 0 Å². The summed E-state index contributed by atoms with van der Waals surface area (Å²) in [5.74, 6) is 0. The van der Waals surface area contributed by atoms with Gasteiger partial charge in [-0.2, -0.15) is 0 Å². The van der Waals surface area contributed by atoms with Gasteiger partial charge in [0.1, 0.15) is 0 Å². The van der Waals surface area contributed by atoms with Crippen molar-refractivity contribution >= 4 is 9.84 Å². The Morgan fingerprint density at radius 1 is 1.07 bits per heavy atom. The summed E-state index contributed by atoms with van der Waals surface area (Å²) in [7, 11) is -3.19. The van der Waals surface area contributed by atoms with Gasteiger partial charge >= 0.3 is 0 Å². The Hall–Kier alpha value is -0.830. The molecule has 0 heterocycles. The van der Waals surface area contributed by atoms with Crippen molar-refractivity contribution in [3.63, 3.8) is 0 Å². The van der Waals surface area contributed by atoms with Gasteiger partial charge in [-0.25, -0.2) is 8.42 Å². The topological polar surface area (TPSA) is 34.1 Å². The van der Waals surface area contributed by atoms with Gasteiger partial charge in [0.25, 0.3) is 0 Å². The third-order valence-electron chi connectivity index (χ3n) is 2.14. The van der Waals surface area contributed by atoms with Crippen molar-refractivity contribution in [1.29, 1.82) is 0 Å². The molecule has 0 unspecified atom stereocenters. The Balaban J connectivity index is 0.00000196. The summed E-state index contributed by atoms with van der Waals surface area (Å²) in [4.78, 5) is 0.399. The Labute approximate surface area is 87.4 Å². The lowest BCUT2D eigenvalue weighted by Crippen LogP contribution is -2.27. The number of hydrogen-bond donors (Lipinski definition) is 0. The Kier molecular flexibility index (Phi) is 2.72. The first-order valence-electron chi connectivity index (χ1n) is 4.56. The molecule has 1 aromatic carbocycles. The second-order valence-corrected chi connectivity index (χ2v) is 7.13. The zero-order valence-electron chi connectivity index (χ0n) is 9.03. The van der Waals surface area contributed by atoms with Crippen LogP contribution in [0.15, 0.2) is 29.2 Å². The van der Waals surface area contributed by atoms with Crippen molar-refractivity contribution < 1.29 is 9.84 Å². The van der Waals surface area contributed by atoms with Gasteiger partial charge in [0.15, 0.2) is 9.84 Å². The van der Waals surface area contributed by atoms with E-state index in [4.69, 9.17) is 0 Å². The van der Waals surface area contributed by atoms with E-state index >= 15 is 0 Å². The highest BCUT2D eigenvalue weighted by molar-refractivity contribution is 7.92. The molecule has 3 heteroatoms. The lowest BCUT2D eigenvalue weighted by Gasteiger charge is -2.19. The van der Waals surface area contributed by atoms with E-state index in [1.807, 2.05) is 19.1 Å². The molecule has 0 N–H and O–H groups in total. The van der Waals surface area contributed by atoms with E-state index < -0.39 is 14.6 Å². The van der Waals surface area contributed by atoms with Crippen LogP contribution >= 0.6 is 0 Å². The summed E-state index contributed by atoms with van der Waals surface area (Å²) in [5.41, 5.74) is 1.07. The third kappa shape index (κ3) is 1.98. The molecular weight excluding hydrogens is 196 g/mol. The molecule has 1 rings (SSSR count). The van der Waals surface area contributed by atoms with Crippen LogP contribution in [0.5, 0.6) is 0 Å². The van der Waals surface area contributed by atoms with E-state index in [1.54, 1.807) is 32.9 Å². The fourth-order valence-electron chi connectivity index (χ4n) is 1.07. The second kappa shape index (κ2) is 3.39. The fraction of sp³-hybridized carbons (Fsp3) is 0.455. The largest absolute Gasteiger partial charge is 0.223 e. The van der Waals surface area contributed by atoms with Crippen LogP contribution in [0.2, 0.25) is 0 Å². The first-order valence-corrected chi connectivity index (χ1v) is 6.05. The van der Waals surface area contributed by atoms with Crippen molar-refractivity contribution in [2.75, 3.05) is 0 Å². The molecule has 0 aromatic heterocycles. The maximum absolute atomic E-state index is 12.0. The molecule has 0 saturated carbocycles. The molecule has 0 aliphatic rings. The van der Waals surface area contributed by atoms with Crippen LogP contribution in [0.1, 0.15) is 27.8 Å². The normalized spacial score (nSPS) is 12.9. The van der Waals surface area contributed by atoms with Crippen LogP contribution in [-0.2, 0) is 9.84 Å². The Bertz CT molecular complexity index is 413. The summed E-state index contributed by atoms with van der Waals surface area (Å²) in [6.45, 7) is 7.07. The first kappa shape index (κ1) is 11.2. The van der Waals surface area contributed by atoms with E-state index in [-0.39, 0.29) is 1.43 Å². The number of hydrogen-bond acceptors (Lipinski definition) is 2. The zero-order valence-corrected chi connectivity index (χ0v) is 9.85. The zero-order chi connectivity index (χ0) is 11.0. The maximum atomic E-state index is 12.0. The molecule has 0 amide bonds. The minimum Gasteiger partial charge on any atom is -0.223 e. The molecule has 0 saturated heterocycles. The van der Waals surface area contributed by atoms with E-state index in [0.717, 1.165) is 5.56 Å². The highest BCUT2D eigenvalue weighted by Gasteiger charge is 2.30. The molecule has 1 aromatic rings. The third-order valence-corrected chi connectivity index (χ3v) is 4.64. The fourth-order valence-corrected chi connectivity index (χ4v) is 2.27. The lowest BCUT2D eigenvalue weighted by molar-refractivity contribution is 0.560. The van der Waals surface area contributed by atoms with E-state index in [0.29, 0.717) is 4.90 Å². The van der Waals surface area contributed by atoms with E-state index in [1.165, 1.54) is 0 Å². The average Bonchev–Trinajstić information content (AvgIpc) is 2.03. The maximum Gasteiger partial charge on any atom is 0.183 e. The highest BCUT2D eigenvalue weighted by atomic mass is 32.2. The summed E-state index contributed by atoms with van der Waals surface area (Å²) in [5, 5.41) is 0. The number of benzene rings is 1. The van der Waals surface area contributed by atoms with Gasteiger partial charge in [-0.3, -0.25) is 0 Å². The first-order chi connectivity index (χ1) is 6.25. The standard InChI is InChI=1S/C11H16O2S.H2/c1-9-5-7-10(8-6-9)14(12,13)11(2,3)4;/h5-8H,1-4H3;1H/i;1+1. The highest BCUT2D eigenvalue weighted by Crippen LogP contribution is 2.24. The van der Waals surface area contributed by atoms with E-state index in [9.17, 15) is 8.42 Å². The van der Waals surface area contributed by atoms with Gasteiger partial charge in [-0.15, -0.1) is 0 Å². The van der Waals surface area contributed by atoms with Gasteiger partial charge in [0.05, 0.1) is 9.64 Å². The van der Waals surface area contributed by atoms with Crippen LogP contribution in [0.4, 0.5) is 0 Å². The minimum atomic E-state index is -3.19. The van der Waals surface area contributed by atoms with Gasteiger partial charge in [0, 0.05) is 1.43 Å². The van der Waals surface area contributed by atoms with Gasteiger partial charge in [-0.1, -0.05) is 17.7 Å². The van der Waals surface area contributed by atoms with Crippen LogP contribution in [0.25, 0.3) is 0 Å². The summed E-state index contributed by atoms with van der Waals surface area (Å²) in [6, 6.07) is 6.96. The molecule has 0 atom stereocenters. The van der Waals surface area contributed by atoms with Crippen LogP contribution < -0.4 is 0 Å². The Morgan fingerprint density at radius 2 is 1.50 bits per heavy atom. The van der Waals surface area contributed by atoms with Gasteiger partial charge in [0.2, 0.25) is 0 Å². The number of rotatable bonds is 1. The predicted octanol–water partition coefficient (Wildman–Crippen LogP) is 2.81. The smallest absolute Gasteiger partial charge is 0.183 e. The van der Waals surface area contributed by atoms with Crippen molar-refractivity contribution in [3.8, 4) is 0 Å². The molecule has 80 valence electrons. The summed E-state index contributed by atoms with van der Waals surface area (Å²) >= 11 is 0.